The summed E-state index contributed by atoms with van der Waals surface area (Å²) in [4.78, 5) is 5.48. The van der Waals surface area contributed by atoms with Gasteiger partial charge in [-0.3, -0.25) is 0 Å². The fraction of sp³-hybridized carbons (Fsp3) is 0.700. The molecule has 0 radical (unpaired) electrons. The molecule has 1 heterocycles. The maximum absolute atomic E-state index is 5.35. The van der Waals surface area contributed by atoms with E-state index >= 15 is 0 Å². The smallest absolute Gasteiger partial charge is 0.0897 e. The van der Waals surface area contributed by atoms with Gasteiger partial charge in [0.25, 0.3) is 0 Å². The number of aryl methyl sites for hydroxylation is 1. The van der Waals surface area contributed by atoms with Gasteiger partial charge in [-0.1, -0.05) is 6.92 Å². The molecule has 14 heavy (non-hydrogen) atoms. The lowest BCUT2D eigenvalue weighted by molar-refractivity contribution is 0.136. The molecular formula is C10H18N2OS. The molecule has 3 nitrogen and oxygen atoms in total. The van der Waals surface area contributed by atoms with E-state index in [4.69, 9.17) is 4.74 Å². The second-order valence-corrected chi connectivity index (χ2v) is 4.45. The van der Waals surface area contributed by atoms with Crippen molar-refractivity contribution in [1.29, 1.82) is 0 Å². The Kier molecular flexibility index (Phi) is 5.75. The SMILES string of the molecule is CCCOCCNCc1cnc(C)s1. The predicted octanol–water partition coefficient (Wildman–Crippen LogP) is 1.97. The third-order valence-electron chi connectivity index (χ3n) is 1.74. The normalized spacial score (nSPS) is 10.7. The average molecular weight is 214 g/mol. The number of nitrogens with zero attached hydrogens (tertiary/aromatic N) is 1. The van der Waals surface area contributed by atoms with E-state index in [-0.39, 0.29) is 0 Å². The molecule has 0 aliphatic carbocycles. The zero-order valence-corrected chi connectivity index (χ0v) is 9.69. The van der Waals surface area contributed by atoms with Crippen LogP contribution in [0.1, 0.15) is 23.2 Å². The van der Waals surface area contributed by atoms with E-state index in [0.29, 0.717) is 0 Å². The van der Waals surface area contributed by atoms with Crippen LogP contribution in [0.3, 0.4) is 0 Å². The van der Waals surface area contributed by atoms with Gasteiger partial charge in [0.2, 0.25) is 0 Å². The summed E-state index contributed by atoms with van der Waals surface area (Å²) in [6.07, 6.45) is 3.02. The van der Waals surface area contributed by atoms with Gasteiger partial charge in [-0.2, -0.15) is 0 Å². The predicted molar refractivity (Wildman–Crippen MR) is 59.7 cm³/mol. The lowest BCUT2D eigenvalue weighted by Crippen LogP contribution is -2.18. The Morgan fingerprint density at radius 1 is 1.50 bits per heavy atom. The Hall–Kier alpha value is -0.450. The minimum atomic E-state index is 0.797. The van der Waals surface area contributed by atoms with Crippen LogP contribution in [0, 0.1) is 6.92 Å². The van der Waals surface area contributed by atoms with Gasteiger partial charge in [0.15, 0.2) is 0 Å². The fourth-order valence-corrected chi connectivity index (χ4v) is 1.85. The molecule has 0 amide bonds. The van der Waals surface area contributed by atoms with Crippen LogP contribution in [-0.2, 0) is 11.3 Å². The van der Waals surface area contributed by atoms with E-state index < -0.39 is 0 Å². The van der Waals surface area contributed by atoms with Crippen LogP contribution < -0.4 is 5.32 Å². The average Bonchev–Trinajstić information content (AvgIpc) is 2.58. The Balaban J connectivity index is 1.99. The minimum Gasteiger partial charge on any atom is -0.380 e. The van der Waals surface area contributed by atoms with Crippen molar-refractivity contribution < 1.29 is 4.74 Å². The lowest BCUT2D eigenvalue weighted by Gasteiger charge is -2.03. The molecule has 1 aromatic rings. The number of aromatic nitrogens is 1. The van der Waals surface area contributed by atoms with Gasteiger partial charge in [0.1, 0.15) is 0 Å². The van der Waals surface area contributed by atoms with Gasteiger partial charge in [-0.15, -0.1) is 11.3 Å². The van der Waals surface area contributed by atoms with Gasteiger partial charge in [-0.25, -0.2) is 4.98 Å². The van der Waals surface area contributed by atoms with Crippen LogP contribution in [0.4, 0.5) is 0 Å². The Morgan fingerprint density at radius 2 is 2.36 bits per heavy atom. The molecule has 0 atom stereocenters. The van der Waals surface area contributed by atoms with E-state index in [0.717, 1.165) is 37.7 Å². The number of nitrogens with one attached hydrogen (secondary N) is 1. The van der Waals surface area contributed by atoms with E-state index in [1.54, 1.807) is 11.3 Å². The molecule has 0 aliphatic rings. The summed E-state index contributed by atoms with van der Waals surface area (Å²) in [5.74, 6) is 0. The van der Waals surface area contributed by atoms with Gasteiger partial charge in [-0.05, 0) is 13.3 Å². The van der Waals surface area contributed by atoms with E-state index in [1.807, 2.05) is 13.1 Å². The highest BCUT2D eigenvalue weighted by Crippen LogP contribution is 2.10. The van der Waals surface area contributed by atoms with E-state index in [1.165, 1.54) is 4.88 Å². The van der Waals surface area contributed by atoms with Crippen molar-refractivity contribution in [3.8, 4) is 0 Å². The van der Waals surface area contributed by atoms with Crippen molar-refractivity contribution in [1.82, 2.24) is 10.3 Å². The maximum atomic E-state index is 5.35. The third-order valence-corrected chi connectivity index (χ3v) is 2.65. The Labute approximate surface area is 89.5 Å². The summed E-state index contributed by atoms with van der Waals surface area (Å²) in [5.41, 5.74) is 0. The van der Waals surface area contributed by atoms with Crippen molar-refractivity contribution in [2.24, 2.45) is 0 Å². The van der Waals surface area contributed by atoms with E-state index in [9.17, 15) is 0 Å². The first-order valence-electron chi connectivity index (χ1n) is 5.02. The summed E-state index contributed by atoms with van der Waals surface area (Å²) < 4.78 is 5.35. The van der Waals surface area contributed by atoms with Crippen LogP contribution >= 0.6 is 11.3 Å². The van der Waals surface area contributed by atoms with Crippen LogP contribution in [0.2, 0.25) is 0 Å². The summed E-state index contributed by atoms with van der Waals surface area (Å²) >= 11 is 1.74. The van der Waals surface area contributed by atoms with Crippen molar-refractivity contribution >= 4 is 11.3 Å². The highest BCUT2D eigenvalue weighted by Gasteiger charge is 1.96. The molecule has 0 saturated heterocycles. The van der Waals surface area contributed by atoms with Crippen LogP contribution in [0.25, 0.3) is 0 Å². The summed E-state index contributed by atoms with van der Waals surface area (Å²) in [6, 6.07) is 0. The molecule has 0 aromatic carbocycles. The molecule has 0 bridgehead atoms. The molecule has 0 aliphatic heterocycles. The molecule has 0 fully saturated rings. The monoisotopic (exact) mass is 214 g/mol. The van der Waals surface area contributed by atoms with Crippen LogP contribution in [0.15, 0.2) is 6.20 Å². The minimum absolute atomic E-state index is 0.797. The number of rotatable bonds is 7. The quantitative estimate of drug-likeness (QED) is 0.705. The highest BCUT2D eigenvalue weighted by atomic mass is 32.1. The summed E-state index contributed by atoms with van der Waals surface area (Å²) in [7, 11) is 0. The van der Waals surface area contributed by atoms with Gasteiger partial charge in [0.05, 0.1) is 11.6 Å². The zero-order chi connectivity index (χ0) is 10.2. The molecule has 80 valence electrons. The highest BCUT2D eigenvalue weighted by molar-refractivity contribution is 7.11. The molecule has 0 unspecified atom stereocenters. The second-order valence-electron chi connectivity index (χ2n) is 3.13. The zero-order valence-electron chi connectivity index (χ0n) is 8.88. The molecule has 1 aromatic heterocycles. The third kappa shape index (κ3) is 4.69. The van der Waals surface area contributed by atoms with Crippen molar-refractivity contribution in [3.05, 3.63) is 16.1 Å². The van der Waals surface area contributed by atoms with Gasteiger partial charge in [0, 0.05) is 30.8 Å². The van der Waals surface area contributed by atoms with Crippen LogP contribution in [0.5, 0.6) is 0 Å². The number of hydrogen-bond donors (Lipinski definition) is 1. The number of thiazole rings is 1. The number of ether oxygens (including phenoxy) is 1. The Morgan fingerprint density at radius 3 is 3.00 bits per heavy atom. The molecule has 0 spiro atoms. The van der Waals surface area contributed by atoms with Crippen LogP contribution in [-0.4, -0.2) is 24.7 Å². The van der Waals surface area contributed by atoms with Gasteiger partial charge >= 0.3 is 0 Å². The Bertz CT molecular complexity index is 250. The lowest BCUT2D eigenvalue weighted by atomic mass is 10.5. The molecule has 1 rings (SSSR count). The second kappa shape index (κ2) is 6.92. The molecule has 1 N–H and O–H groups in total. The fourth-order valence-electron chi connectivity index (χ4n) is 1.09. The maximum Gasteiger partial charge on any atom is 0.0897 e. The van der Waals surface area contributed by atoms with Crippen molar-refractivity contribution in [2.75, 3.05) is 19.8 Å². The van der Waals surface area contributed by atoms with Gasteiger partial charge < -0.3 is 10.1 Å². The standard InChI is InChI=1S/C10H18N2OS/c1-3-5-13-6-4-11-7-10-8-12-9(2)14-10/h8,11H,3-7H2,1-2H3. The molecular weight excluding hydrogens is 196 g/mol. The first-order chi connectivity index (χ1) is 6.83. The first kappa shape index (κ1) is 11.6. The van der Waals surface area contributed by atoms with Crippen molar-refractivity contribution in [3.63, 3.8) is 0 Å². The van der Waals surface area contributed by atoms with Crippen molar-refractivity contribution in [2.45, 2.75) is 26.8 Å². The number of hydrogen-bond acceptors (Lipinski definition) is 4. The van der Waals surface area contributed by atoms with E-state index in [2.05, 4.69) is 17.2 Å². The summed E-state index contributed by atoms with van der Waals surface area (Å²) in [5, 5.41) is 4.45. The first-order valence-corrected chi connectivity index (χ1v) is 5.84. The largest absolute Gasteiger partial charge is 0.380 e. The molecule has 0 saturated carbocycles. The molecule has 4 heteroatoms. The summed E-state index contributed by atoms with van der Waals surface area (Å²) in [6.45, 7) is 7.62. The topological polar surface area (TPSA) is 34.1 Å².